The van der Waals surface area contributed by atoms with Crippen LogP contribution in [0.15, 0.2) is 4.52 Å². The number of carbonyl (C=O) groups is 1. The molecule has 19 heavy (non-hydrogen) atoms. The third kappa shape index (κ3) is 3.48. The van der Waals surface area contributed by atoms with E-state index in [-0.39, 0.29) is 12.1 Å². The Morgan fingerprint density at radius 3 is 3.05 bits per heavy atom. The van der Waals surface area contributed by atoms with E-state index in [2.05, 4.69) is 10.1 Å². The molecule has 6 nitrogen and oxygen atoms in total. The number of esters is 1. The number of nitrogens with zero attached hydrogens (tertiary/aromatic N) is 2. The van der Waals surface area contributed by atoms with E-state index in [0.29, 0.717) is 31.3 Å². The van der Waals surface area contributed by atoms with Crippen molar-refractivity contribution in [1.82, 2.24) is 10.1 Å². The van der Waals surface area contributed by atoms with Gasteiger partial charge in [-0.3, -0.25) is 4.79 Å². The Hall–Kier alpha value is -1.08. The molecule has 1 saturated heterocycles. The average molecular weight is 286 g/mol. The average Bonchev–Trinajstić information content (AvgIpc) is 2.90. The van der Waals surface area contributed by atoms with Gasteiger partial charge < -0.3 is 14.0 Å². The third-order valence-corrected chi connectivity index (χ3v) is 3.83. The van der Waals surface area contributed by atoms with Gasteiger partial charge in [-0.25, -0.2) is 0 Å². The summed E-state index contributed by atoms with van der Waals surface area (Å²) in [5.41, 5.74) is 0. The Labute approximate surface area is 116 Å². The predicted molar refractivity (Wildman–Crippen MR) is 70.0 cm³/mol. The first-order valence-corrected chi connectivity index (χ1v) is 7.61. The molecule has 1 fully saturated rings. The van der Waals surface area contributed by atoms with Crippen LogP contribution in [0, 0.1) is 0 Å². The monoisotopic (exact) mass is 286 g/mol. The van der Waals surface area contributed by atoms with Crippen LogP contribution in [-0.2, 0) is 14.3 Å². The van der Waals surface area contributed by atoms with Crippen LogP contribution in [0.4, 0.5) is 0 Å². The summed E-state index contributed by atoms with van der Waals surface area (Å²) in [7, 11) is 0. The zero-order valence-corrected chi connectivity index (χ0v) is 11.9. The summed E-state index contributed by atoms with van der Waals surface area (Å²) < 4.78 is 15.8. The van der Waals surface area contributed by atoms with Crippen molar-refractivity contribution in [1.29, 1.82) is 0 Å². The topological polar surface area (TPSA) is 74.5 Å². The van der Waals surface area contributed by atoms with Crippen LogP contribution in [-0.4, -0.2) is 40.8 Å². The molecule has 2 atom stereocenters. The van der Waals surface area contributed by atoms with Crippen LogP contribution in [0.2, 0.25) is 0 Å². The molecule has 1 aromatic rings. The second-order valence-electron chi connectivity index (χ2n) is 4.14. The summed E-state index contributed by atoms with van der Waals surface area (Å²) in [6, 6.07) is 0. The molecule has 1 aliphatic rings. The fourth-order valence-electron chi connectivity index (χ4n) is 1.84. The first kappa shape index (κ1) is 14.3. The Bertz CT molecular complexity index is 418. The molecule has 1 aliphatic heterocycles. The van der Waals surface area contributed by atoms with Gasteiger partial charge in [0, 0.05) is 11.5 Å². The van der Waals surface area contributed by atoms with Crippen LogP contribution < -0.4 is 0 Å². The molecule has 0 saturated carbocycles. The van der Waals surface area contributed by atoms with Gasteiger partial charge in [0.05, 0.1) is 13.2 Å². The number of thioether (sulfide) groups is 1. The molecule has 0 amide bonds. The minimum atomic E-state index is -0.488. The Morgan fingerprint density at radius 2 is 2.42 bits per heavy atom. The quantitative estimate of drug-likeness (QED) is 0.765. The number of carbonyl (C=O) groups excluding carboxylic acids is 1. The molecular formula is C12H18N2O4S. The number of rotatable bonds is 5. The van der Waals surface area contributed by atoms with Gasteiger partial charge in [-0.15, -0.1) is 0 Å². The second kappa shape index (κ2) is 6.91. The fourth-order valence-corrected chi connectivity index (χ4v) is 2.68. The lowest BCUT2D eigenvalue weighted by Gasteiger charge is -2.18. The van der Waals surface area contributed by atoms with Gasteiger partial charge in [0.2, 0.25) is 11.7 Å². The lowest BCUT2D eigenvalue weighted by atomic mass is 10.1. The SMILES string of the molecule is CCOC(=O)C(CC)c1nc(C2CSCCO2)no1. The molecule has 0 radical (unpaired) electrons. The highest BCUT2D eigenvalue weighted by atomic mass is 32.2. The van der Waals surface area contributed by atoms with E-state index in [4.69, 9.17) is 14.0 Å². The Kier molecular flexibility index (Phi) is 5.21. The lowest BCUT2D eigenvalue weighted by Crippen LogP contribution is -2.18. The maximum Gasteiger partial charge on any atom is 0.318 e. The van der Waals surface area contributed by atoms with Gasteiger partial charge in [-0.05, 0) is 13.3 Å². The molecule has 106 valence electrons. The number of hydrogen-bond acceptors (Lipinski definition) is 7. The fraction of sp³-hybridized carbons (Fsp3) is 0.750. The highest BCUT2D eigenvalue weighted by Gasteiger charge is 2.29. The van der Waals surface area contributed by atoms with Crippen LogP contribution in [0.25, 0.3) is 0 Å². The smallest absolute Gasteiger partial charge is 0.318 e. The van der Waals surface area contributed by atoms with Crippen molar-refractivity contribution < 1.29 is 18.8 Å². The molecule has 0 bridgehead atoms. The highest BCUT2D eigenvalue weighted by Crippen LogP contribution is 2.26. The standard InChI is InChI=1S/C12H18N2O4S/c1-3-8(12(15)16-4-2)11-13-10(14-18-11)9-7-19-6-5-17-9/h8-9H,3-7H2,1-2H3. The zero-order valence-electron chi connectivity index (χ0n) is 11.1. The van der Waals surface area contributed by atoms with Crippen molar-refractivity contribution >= 4 is 17.7 Å². The highest BCUT2D eigenvalue weighted by molar-refractivity contribution is 7.99. The maximum absolute atomic E-state index is 11.8. The zero-order chi connectivity index (χ0) is 13.7. The molecule has 7 heteroatoms. The summed E-state index contributed by atoms with van der Waals surface area (Å²) >= 11 is 1.80. The van der Waals surface area contributed by atoms with E-state index in [1.54, 1.807) is 18.7 Å². The maximum atomic E-state index is 11.8. The summed E-state index contributed by atoms with van der Waals surface area (Å²) in [5.74, 6) is 1.83. The molecule has 0 aromatic carbocycles. The van der Waals surface area contributed by atoms with Gasteiger partial charge in [0.15, 0.2) is 0 Å². The van der Waals surface area contributed by atoms with Gasteiger partial charge >= 0.3 is 5.97 Å². The van der Waals surface area contributed by atoms with Gasteiger partial charge in [0.25, 0.3) is 0 Å². The van der Waals surface area contributed by atoms with Crippen molar-refractivity contribution in [2.75, 3.05) is 24.7 Å². The van der Waals surface area contributed by atoms with E-state index in [9.17, 15) is 4.79 Å². The number of ether oxygens (including phenoxy) is 2. The van der Waals surface area contributed by atoms with E-state index in [1.807, 2.05) is 6.92 Å². The first-order chi connectivity index (χ1) is 9.26. The van der Waals surface area contributed by atoms with E-state index in [0.717, 1.165) is 11.5 Å². The normalized spacial score (nSPS) is 21.1. The minimum absolute atomic E-state index is 0.143. The molecule has 2 rings (SSSR count). The van der Waals surface area contributed by atoms with Crippen LogP contribution in [0.3, 0.4) is 0 Å². The van der Waals surface area contributed by atoms with Crippen molar-refractivity contribution in [3.63, 3.8) is 0 Å². The second-order valence-corrected chi connectivity index (χ2v) is 5.29. The van der Waals surface area contributed by atoms with Crippen molar-refractivity contribution in [2.45, 2.75) is 32.3 Å². The molecular weight excluding hydrogens is 268 g/mol. The number of hydrogen-bond donors (Lipinski definition) is 0. The lowest BCUT2D eigenvalue weighted by molar-refractivity contribution is -0.145. The number of aromatic nitrogens is 2. The molecule has 1 aromatic heterocycles. The van der Waals surface area contributed by atoms with Gasteiger partial charge in [-0.2, -0.15) is 16.7 Å². The van der Waals surface area contributed by atoms with Crippen LogP contribution >= 0.6 is 11.8 Å². The molecule has 0 spiro atoms. The van der Waals surface area contributed by atoms with Crippen molar-refractivity contribution in [2.24, 2.45) is 0 Å². The Balaban J connectivity index is 2.07. The minimum Gasteiger partial charge on any atom is -0.465 e. The summed E-state index contributed by atoms with van der Waals surface area (Å²) in [5, 5.41) is 3.92. The van der Waals surface area contributed by atoms with E-state index >= 15 is 0 Å². The predicted octanol–water partition coefficient (Wildman–Crippen LogP) is 1.93. The van der Waals surface area contributed by atoms with Gasteiger partial charge in [0.1, 0.15) is 12.0 Å². The molecule has 0 aliphatic carbocycles. The summed E-state index contributed by atoms with van der Waals surface area (Å²) in [6.45, 7) is 4.70. The summed E-state index contributed by atoms with van der Waals surface area (Å²) in [6.07, 6.45) is 0.428. The van der Waals surface area contributed by atoms with E-state index in [1.165, 1.54) is 0 Å². The summed E-state index contributed by atoms with van der Waals surface area (Å²) in [4.78, 5) is 16.1. The van der Waals surface area contributed by atoms with Crippen LogP contribution in [0.5, 0.6) is 0 Å². The third-order valence-electron chi connectivity index (χ3n) is 2.84. The van der Waals surface area contributed by atoms with E-state index < -0.39 is 5.92 Å². The molecule has 2 heterocycles. The molecule has 2 unspecified atom stereocenters. The first-order valence-electron chi connectivity index (χ1n) is 6.45. The largest absolute Gasteiger partial charge is 0.465 e. The Morgan fingerprint density at radius 1 is 1.58 bits per heavy atom. The van der Waals surface area contributed by atoms with Crippen LogP contribution in [0.1, 0.15) is 44.0 Å². The van der Waals surface area contributed by atoms with Crippen molar-refractivity contribution in [3.05, 3.63) is 11.7 Å². The van der Waals surface area contributed by atoms with Gasteiger partial charge in [-0.1, -0.05) is 12.1 Å². The molecule has 0 N–H and O–H groups in total. The van der Waals surface area contributed by atoms with Crippen molar-refractivity contribution in [3.8, 4) is 0 Å².